The van der Waals surface area contributed by atoms with Crippen LogP contribution in [0.25, 0.3) is 0 Å². The highest BCUT2D eigenvalue weighted by Crippen LogP contribution is 2.24. The predicted octanol–water partition coefficient (Wildman–Crippen LogP) is 2.03. The second-order valence-corrected chi connectivity index (χ2v) is 5.03. The first kappa shape index (κ1) is 11.3. The summed E-state index contributed by atoms with van der Waals surface area (Å²) in [4.78, 5) is 11.1. The molecule has 0 radical (unpaired) electrons. The van der Waals surface area contributed by atoms with E-state index in [-0.39, 0.29) is 0 Å². The molecule has 3 heterocycles. The zero-order valence-electron chi connectivity index (χ0n) is 10.9. The van der Waals surface area contributed by atoms with Crippen LogP contribution in [0, 0.1) is 19.8 Å². The number of anilines is 1. The van der Waals surface area contributed by atoms with Crippen molar-refractivity contribution in [3.8, 4) is 0 Å². The highest BCUT2D eigenvalue weighted by molar-refractivity contribution is 5.42. The summed E-state index contributed by atoms with van der Waals surface area (Å²) in [6, 6.07) is 6.20. The van der Waals surface area contributed by atoms with Crippen LogP contribution in [0.2, 0.25) is 0 Å². The van der Waals surface area contributed by atoms with Crippen molar-refractivity contribution in [1.82, 2.24) is 14.5 Å². The fourth-order valence-corrected chi connectivity index (χ4v) is 2.45. The molecule has 0 aliphatic carbocycles. The van der Waals surface area contributed by atoms with E-state index in [1.807, 2.05) is 19.2 Å². The van der Waals surface area contributed by atoms with Gasteiger partial charge in [-0.2, -0.15) is 0 Å². The molecule has 1 aliphatic heterocycles. The number of aryl methyl sites for hydroxylation is 2. The van der Waals surface area contributed by atoms with E-state index in [9.17, 15) is 0 Å². The summed E-state index contributed by atoms with van der Waals surface area (Å²) in [5.74, 6) is 2.91. The Morgan fingerprint density at radius 3 is 2.78 bits per heavy atom. The average Bonchev–Trinajstić information content (AvgIpc) is 2.69. The van der Waals surface area contributed by atoms with Crippen LogP contribution < -0.4 is 4.90 Å². The third-order valence-electron chi connectivity index (χ3n) is 3.53. The van der Waals surface area contributed by atoms with Gasteiger partial charge in [0.05, 0.1) is 0 Å². The molecule has 1 saturated heterocycles. The normalized spacial score (nSPS) is 15.8. The largest absolute Gasteiger partial charge is 0.356 e. The van der Waals surface area contributed by atoms with Crippen LogP contribution in [-0.4, -0.2) is 27.6 Å². The molecule has 0 aromatic carbocycles. The summed E-state index contributed by atoms with van der Waals surface area (Å²) in [5.41, 5.74) is 1.08. The van der Waals surface area contributed by atoms with Crippen LogP contribution >= 0.6 is 0 Å². The number of imidazole rings is 1. The average molecular weight is 242 g/mol. The summed E-state index contributed by atoms with van der Waals surface area (Å²) >= 11 is 0. The second-order valence-electron chi connectivity index (χ2n) is 5.03. The van der Waals surface area contributed by atoms with Gasteiger partial charge in [-0.1, -0.05) is 6.07 Å². The van der Waals surface area contributed by atoms with Gasteiger partial charge in [-0.3, -0.25) is 0 Å². The molecule has 2 aromatic rings. The van der Waals surface area contributed by atoms with Crippen LogP contribution in [0.15, 0.2) is 30.6 Å². The van der Waals surface area contributed by atoms with E-state index in [0.29, 0.717) is 5.92 Å². The van der Waals surface area contributed by atoms with Crippen molar-refractivity contribution >= 4 is 5.82 Å². The lowest BCUT2D eigenvalue weighted by atomic mass is 10.00. The topological polar surface area (TPSA) is 34.0 Å². The Morgan fingerprint density at radius 1 is 1.28 bits per heavy atom. The van der Waals surface area contributed by atoms with Crippen molar-refractivity contribution in [1.29, 1.82) is 0 Å². The van der Waals surface area contributed by atoms with E-state index >= 15 is 0 Å². The summed E-state index contributed by atoms with van der Waals surface area (Å²) in [6.45, 7) is 7.34. The number of hydrogen-bond donors (Lipinski definition) is 0. The Hall–Kier alpha value is -1.84. The van der Waals surface area contributed by atoms with Crippen molar-refractivity contribution in [3.05, 3.63) is 42.1 Å². The van der Waals surface area contributed by atoms with Gasteiger partial charge >= 0.3 is 0 Å². The molecule has 2 aromatic heterocycles. The first-order valence-corrected chi connectivity index (χ1v) is 6.39. The maximum absolute atomic E-state index is 4.55. The maximum Gasteiger partial charge on any atom is 0.128 e. The number of pyridine rings is 1. The van der Waals surface area contributed by atoms with Gasteiger partial charge in [0, 0.05) is 43.6 Å². The quantitative estimate of drug-likeness (QED) is 0.826. The molecule has 0 amide bonds. The van der Waals surface area contributed by atoms with Crippen LogP contribution in [-0.2, 0) is 6.54 Å². The van der Waals surface area contributed by atoms with Gasteiger partial charge in [0.1, 0.15) is 11.6 Å². The Kier molecular flexibility index (Phi) is 2.78. The standard InChI is InChI=1S/C14H18N4/c1-11-4-3-5-14(16-11)18-9-13(10-18)8-17-7-6-15-12(17)2/h3-7,13H,8-10H2,1-2H3. The zero-order valence-corrected chi connectivity index (χ0v) is 10.9. The van der Waals surface area contributed by atoms with Gasteiger partial charge in [0.15, 0.2) is 0 Å². The van der Waals surface area contributed by atoms with Gasteiger partial charge in [0.25, 0.3) is 0 Å². The maximum atomic E-state index is 4.55. The highest BCUT2D eigenvalue weighted by atomic mass is 15.2. The Morgan fingerprint density at radius 2 is 2.11 bits per heavy atom. The van der Waals surface area contributed by atoms with Crippen LogP contribution in [0.4, 0.5) is 5.82 Å². The molecule has 0 atom stereocenters. The molecule has 0 N–H and O–H groups in total. The van der Waals surface area contributed by atoms with Crippen molar-refractivity contribution in [2.75, 3.05) is 18.0 Å². The lowest BCUT2D eigenvalue weighted by molar-refractivity contribution is 0.352. The van der Waals surface area contributed by atoms with E-state index in [0.717, 1.165) is 37.0 Å². The third kappa shape index (κ3) is 2.10. The highest BCUT2D eigenvalue weighted by Gasteiger charge is 2.28. The number of nitrogens with zero attached hydrogens (tertiary/aromatic N) is 4. The zero-order chi connectivity index (χ0) is 12.5. The molecule has 4 nitrogen and oxygen atoms in total. The van der Waals surface area contributed by atoms with Crippen molar-refractivity contribution in [2.45, 2.75) is 20.4 Å². The first-order chi connectivity index (χ1) is 8.72. The SMILES string of the molecule is Cc1cccc(N2CC(Cn3ccnc3C)C2)n1. The third-order valence-corrected chi connectivity index (χ3v) is 3.53. The molecule has 0 spiro atoms. The van der Waals surface area contributed by atoms with E-state index in [2.05, 4.69) is 44.7 Å². The van der Waals surface area contributed by atoms with Gasteiger partial charge in [-0.25, -0.2) is 9.97 Å². The van der Waals surface area contributed by atoms with E-state index in [1.54, 1.807) is 0 Å². The summed E-state index contributed by atoms with van der Waals surface area (Å²) in [5, 5.41) is 0. The lowest BCUT2D eigenvalue weighted by Crippen LogP contribution is -2.49. The van der Waals surface area contributed by atoms with Gasteiger partial charge in [0.2, 0.25) is 0 Å². The molecule has 3 rings (SSSR count). The lowest BCUT2D eigenvalue weighted by Gasteiger charge is -2.40. The first-order valence-electron chi connectivity index (χ1n) is 6.39. The minimum atomic E-state index is 0.709. The van der Waals surface area contributed by atoms with Gasteiger partial charge < -0.3 is 9.47 Å². The van der Waals surface area contributed by atoms with Crippen molar-refractivity contribution < 1.29 is 0 Å². The smallest absolute Gasteiger partial charge is 0.128 e. The minimum absolute atomic E-state index is 0.709. The van der Waals surface area contributed by atoms with Crippen LogP contribution in [0.1, 0.15) is 11.5 Å². The summed E-state index contributed by atoms with van der Waals surface area (Å²) in [7, 11) is 0. The van der Waals surface area contributed by atoms with E-state index in [4.69, 9.17) is 0 Å². The minimum Gasteiger partial charge on any atom is -0.356 e. The number of hydrogen-bond acceptors (Lipinski definition) is 3. The van der Waals surface area contributed by atoms with E-state index < -0.39 is 0 Å². The molecule has 18 heavy (non-hydrogen) atoms. The van der Waals surface area contributed by atoms with Crippen LogP contribution in [0.3, 0.4) is 0 Å². The van der Waals surface area contributed by atoms with Crippen molar-refractivity contribution in [3.63, 3.8) is 0 Å². The molecule has 1 fully saturated rings. The molecule has 1 aliphatic rings. The Balaban J connectivity index is 1.59. The van der Waals surface area contributed by atoms with Gasteiger partial charge in [-0.15, -0.1) is 0 Å². The summed E-state index contributed by atoms with van der Waals surface area (Å²) in [6.07, 6.45) is 3.93. The fraction of sp³-hybridized carbons (Fsp3) is 0.429. The molecule has 0 unspecified atom stereocenters. The molecular formula is C14H18N4. The Labute approximate surface area is 107 Å². The molecule has 4 heteroatoms. The van der Waals surface area contributed by atoms with Crippen LogP contribution in [0.5, 0.6) is 0 Å². The number of rotatable bonds is 3. The molecule has 0 saturated carbocycles. The van der Waals surface area contributed by atoms with Gasteiger partial charge in [-0.05, 0) is 26.0 Å². The molecule has 0 bridgehead atoms. The summed E-state index contributed by atoms with van der Waals surface area (Å²) < 4.78 is 2.23. The molecule has 94 valence electrons. The monoisotopic (exact) mass is 242 g/mol. The second kappa shape index (κ2) is 4.44. The van der Waals surface area contributed by atoms with Crippen molar-refractivity contribution in [2.24, 2.45) is 5.92 Å². The predicted molar refractivity (Wildman–Crippen MR) is 71.6 cm³/mol. The Bertz CT molecular complexity index is 540. The number of aromatic nitrogens is 3. The molecular weight excluding hydrogens is 224 g/mol. The van der Waals surface area contributed by atoms with E-state index in [1.165, 1.54) is 0 Å². The fourth-order valence-electron chi connectivity index (χ4n) is 2.45.